The predicted octanol–water partition coefficient (Wildman–Crippen LogP) is 1.45. The van der Waals surface area contributed by atoms with Crippen molar-refractivity contribution in [3.05, 3.63) is 35.9 Å². The van der Waals surface area contributed by atoms with Crippen molar-refractivity contribution in [3.8, 4) is 0 Å². The molecule has 0 bridgehead atoms. The van der Waals surface area contributed by atoms with Gasteiger partial charge < -0.3 is 10.8 Å². The first kappa shape index (κ1) is 11.1. The van der Waals surface area contributed by atoms with E-state index in [1.54, 1.807) is 0 Å². The molecule has 0 amide bonds. The minimum absolute atomic E-state index is 0.0607. The van der Waals surface area contributed by atoms with Gasteiger partial charge in [-0.1, -0.05) is 19.9 Å². The van der Waals surface area contributed by atoms with Gasteiger partial charge in [0.2, 0.25) is 0 Å². The second kappa shape index (κ2) is 4.23. The fraction of sp³-hybridized carbons (Fsp3) is 0.417. The molecule has 3 N–H and O–H groups in total. The van der Waals surface area contributed by atoms with E-state index in [-0.39, 0.29) is 12.6 Å². The Hall–Kier alpha value is -1.39. The van der Waals surface area contributed by atoms with Crippen molar-refractivity contribution in [3.63, 3.8) is 0 Å². The van der Waals surface area contributed by atoms with E-state index < -0.39 is 0 Å². The summed E-state index contributed by atoms with van der Waals surface area (Å²) in [6.07, 6.45) is 1.84. The van der Waals surface area contributed by atoms with E-state index in [0.717, 1.165) is 17.0 Å². The highest BCUT2D eigenvalue weighted by molar-refractivity contribution is 5.48. The third kappa shape index (κ3) is 1.70. The number of fused-ring (bicyclic) bond motifs is 1. The largest absolute Gasteiger partial charge is 0.394 e. The second-order valence-electron chi connectivity index (χ2n) is 4.27. The average Bonchev–Trinajstić information content (AvgIpc) is 2.71. The van der Waals surface area contributed by atoms with Crippen molar-refractivity contribution < 1.29 is 5.11 Å². The number of hydrogen-bond donors (Lipinski definition) is 2. The van der Waals surface area contributed by atoms with Crippen molar-refractivity contribution in [2.45, 2.75) is 25.8 Å². The number of rotatable bonds is 3. The van der Waals surface area contributed by atoms with E-state index in [1.807, 2.05) is 28.8 Å². The highest BCUT2D eigenvalue weighted by atomic mass is 16.3. The molecule has 0 aromatic carbocycles. The molecule has 4 nitrogen and oxygen atoms in total. The van der Waals surface area contributed by atoms with Gasteiger partial charge in [0.05, 0.1) is 24.4 Å². The van der Waals surface area contributed by atoms with Gasteiger partial charge in [-0.3, -0.25) is 4.40 Å². The van der Waals surface area contributed by atoms with Crippen molar-refractivity contribution in [1.29, 1.82) is 0 Å². The lowest BCUT2D eigenvalue weighted by Crippen LogP contribution is -2.19. The molecule has 0 radical (unpaired) electrons. The molecule has 2 heterocycles. The maximum atomic E-state index is 9.16. The fourth-order valence-electron chi connectivity index (χ4n) is 1.89. The zero-order chi connectivity index (χ0) is 11.7. The number of nitrogens with two attached hydrogens (primary N) is 1. The summed E-state index contributed by atoms with van der Waals surface area (Å²) in [6.45, 7) is 4.13. The highest BCUT2D eigenvalue weighted by Gasteiger charge is 2.14. The quantitative estimate of drug-likeness (QED) is 0.821. The summed E-state index contributed by atoms with van der Waals surface area (Å²) in [5.41, 5.74) is 7.81. The van der Waals surface area contributed by atoms with Gasteiger partial charge in [0.25, 0.3) is 0 Å². The summed E-state index contributed by atoms with van der Waals surface area (Å²) in [6, 6.07) is 5.50. The third-order valence-electron chi connectivity index (χ3n) is 2.70. The Morgan fingerprint density at radius 3 is 2.81 bits per heavy atom. The van der Waals surface area contributed by atoms with Crippen molar-refractivity contribution in [2.75, 3.05) is 6.61 Å². The molecule has 0 aliphatic heterocycles. The van der Waals surface area contributed by atoms with Gasteiger partial charge in [-0.05, 0) is 12.1 Å². The number of nitrogens with zero attached hydrogens (tertiary/aromatic N) is 2. The Kier molecular flexibility index (Phi) is 2.94. The molecule has 0 saturated carbocycles. The molecule has 86 valence electrons. The van der Waals surface area contributed by atoms with Gasteiger partial charge in [0.1, 0.15) is 5.82 Å². The van der Waals surface area contributed by atoms with Crippen LogP contribution in [-0.2, 0) is 0 Å². The average molecular weight is 219 g/mol. The van der Waals surface area contributed by atoms with E-state index in [1.165, 1.54) is 0 Å². The zero-order valence-corrected chi connectivity index (χ0v) is 9.59. The van der Waals surface area contributed by atoms with Crippen molar-refractivity contribution in [2.24, 2.45) is 5.73 Å². The lowest BCUT2D eigenvalue weighted by Gasteiger charge is -2.14. The lowest BCUT2D eigenvalue weighted by molar-refractivity contribution is 0.265. The van der Waals surface area contributed by atoms with Gasteiger partial charge in [-0.15, -0.1) is 0 Å². The van der Waals surface area contributed by atoms with E-state index in [0.29, 0.717) is 5.92 Å². The fourth-order valence-corrected chi connectivity index (χ4v) is 1.89. The number of imidazole rings is 1. The molecule has 16 heavy (non-hydrogen) atoms. The lowest BCUT2D eigenvalue weighted by atomic mass is 10.1. The van der Waals surface area contributed by atoms with Crippen LogP contribution in [0.1, 0.15) is 37.3 Å². The first-order valence-electron chi connectivity index (χ1n) is 5.48. The molecule has 1 atom stereocenters. The van der Waals surface area contributed by atoms with Crippen LogP contribution in [0, 0.1) is 0 Å². The van der Waals surface area contributed by atoms with Crippen LogP contribution in [-0.4, -0.2) is 21.1 Å². The SMILES string of the molecule is CC(C)c1ncc2cccc(C(N)CO)n12. The van der Waals surface area contributed by atoms with Crippen LogP contribution < -0.4 is 5.73 Å². The van der Waals surface area contributed by atoms with Gasteiger partial charge in [-0.2, -0.15) is 0 Å². The minimum atomic E-state index is -0.365. The molecule has 0 aliphatic carbocycles. The van der Waals surface area contributed by atoms with Crippen LogP contribution in [0.15, 0.2) is 24.4 Å². The smallest absolute Gasteiger partial charge is 0.116 e. The molecule has 4 heteroatoms. The molecule has 2 rings (SSSR count). The van der Waals surface area contributed by atoms with Crippen LogP contribution in [0.25, 0.3) is 5.52 Å². The molecular formula is C12H17N3O. The first-order chi connectivity index (χ1) is 7.65. The molecule has 0 fully saturated rings. The van der Waals surface area contributed by atoms with Crippen molar-refractivity contribution >= 4 is 5.52 Å². The Morgan fingerprint density at radius 2 is 2.19 bits per heavy atom. The van der Waals surface area contributed by atoms with Gasteiger partial charge in [0, 0.05) is 11.6 Å². The minimum Gasteiger partial charge on any atom is -0.394 e. The predicted molar refractivity (Wildman–Crippen MR) is 63.3 cm³/mol. The number of pyridine rings is 1. The summed E-state index contributed by atoms with van der Waals surface area (Å²) in [4.78, 5) is 4.40. The topological polar surface area (TPSA) is 63.5 Å². The maximum Gasteiger partial charge on any atom is 0.116 e. The van der Waals surface area contributed by atoms with E-state index in [4.69, 9.17) is 10.8 Å². The normalized spacial score (nSPS) is 13.6. The number of hydrogen-bond acceptors (Lipinski definition) is 3. The Labute approximate surface area is 94.7 Å². The van der Waals surface area contributed by atoms with Gasteiger partial charge >= 0.3 is 0 Å². The van der Waals surface area contributed by atoms with Crippen LogP contribution >= 0.6 is 0 Å². The molecule has 0 spiro atoms. The molecule has 2 aromatic heterocycles. The van der Waals surface area contributed by atoms with E-state index >= 15 is 0 Å². The molecule has 1 unspecified atom stereocenters. The van der Waals surface area contributed by atoms with E-state index in [9.17, 15) is 0 Å². The van der Waals surface area contributed by atoms with Crippen LogP contribution in [0.2, 0.25) is 0 Å². The summed E-state index contributed by atoms with van der Waals surface area (Å²) < 4.78 is 2.03. The number of aliphatic hydroxyl groups excluding tert-OH is 1. The zero-order valence-electron chi connectivity index (χ0n) is 9.59. The number of aliphatic hydroxyl groups is 1. The maximum absolute atomic E-state index is 9.16. The highest BCUT2D eigenvalue weighted by Crippen LogP contribution is 2.20. The summed E-state index contributed by atoms with van der Waals surface area (Å²) in [5.74, 6) is 1.31. The summed E-state index contributed by atoms with van der Waals surface area (Å²) in [5, 5.41) is 9.16. The van der Waals surface area contributed by atoms with Gasteiger partial charge in [0.15, 0.2) is 0 Å². The summed E-state index contributed by atoms with van der Waals surface area (Å²) >= 11 is 0. The van der Waals surface area contributed by atoms with E-state index in [2.05, 4.69) is 18.8 Å². The summed E-state index contributed by atoms with van der Waals surface area (Å²) in [7, 11) is 0. The van der Waals surface area contributed by atoms with Crippen LogP contribution in [0.5, 0.6) is 0 Å². The Morgan fingerprint density at radius 1 is 1.44 bits per heavy atom. The van der Waals surface area contributed by atoms with Crippen molar-refractivity contribution in [1.82, 2.24) is 9.38 Å². The second-order valence-corrected chi connectivity index (χ2v) is 4.27. The molecular weight excluding hydrogens is 202 g/mol. The molecule has 0 aliphatic rings. The Bertz CT molecular complexity index is 490. The van der Waals surface area contributed by atoms with Crippen LogP contribution in [0.3, 0.4) is 0 Å². The third-order valence-corrected chi connectivity index (χ3v) is 2.70. The first-order valence-corrected chi connectivity index (χ1v) is 5.48. The molecule has 2 aromatic rings. The molecule has 0 saturated heterocycles. The van der Waals surface area contributed by atoms with Crippen LogP contribution in [0.4, 0.5) is 0 Å². The number of aromatic nitrogens is 2. The Balaban J connectivity index is 2.68. The monoisotopic (exact) mass is 219 g/mol. The van der Waals surface area contributed by atoms with Gasteiger partial charge in [-0.25, -0.2) is 4.98 Å². The standard InChI is InChI=1S/C12H17N3O/c1-8(2)12-14-6-9-4-3-5-11(15(9)12)10(13)7-16/h3-6,8,10,16H,7,13H2,1-2H3.